The smallest absolute Gasteiger partial charge is 0.0757 e. The Balaban J connectivity index is 1.49. The van der Waals surface area contributed by atoms with Gasteiger partial charge in [-0.05, 0) is 92.3 Å². The molecule has 5 aliphatic rings. The van der Waals surface area contributed by atoms with Crippen molar-refractivity contribution in [2.45, 2.75) is 102 Å². The summed E-state index contributed by atoms with van der Waals surface area (Å²) in [5.41, 5.74) is 1.94. The molecule has 3 nitrogen and oxygen atoms in total. The molecule has 4 saturated carbocycles. The van der Waals surface area contributed by atoms with E-state index in [1.807, 2.05) is 7.11 Å². The van der Waals surface area contributed by atoms with Gasteiger partial charge in [-0.15, -0.1) is 0 Å². The van der Waals surface area contributed by atoms with E-state index in [1.54, 1.807) is 0 Å². The zero-order chi connectivity index (χ0) is 19.7. The molecule has 0 radical (unpaired) electrons. The van der Waals surface area contributed by atoms with Gasteiger partial charge in [0.15, 0.2) is 0 Å². The third-order valence-electron chi connectivity index (χ3n) is 10.6. The largest absolute Gasteiger partial charge is 0.393 e. The van der Waals surface area contributed by atoms with Crippen LogP contribution in [0.15, 0.2) is 11.6 Å². The van der Waals surface area contributed by atoms with Crippen molar-refractivity contribution in [3.8, 4) is 0 Å². The van der Waals surface area contributed by atoms with Crippen LogP contribution in [0.4, 0.5) is 0 Å². The van der Waals surface area contributed by atoms with Crippen LogP contribution < -0.4 is 0 Å². The average molecular weight is 389 g/mol. The maximum Gasteiger partial charge on any atom is 0.0757 e. The van der Waals surface area contributed by atoms with Crippen LogP contribution >= 0.6 is 0 Å². The van der Waals surface area contributed by atoms with Gasteiger partial charge in [0.2, 0.25) is 0 Å². The van der Waals surface area contributed by atoms with Gasteiger partial charge in [0.1, 0.15) is 0 Å². The fraction of sp³-hybridized carbons (Fsp3) is 0.920. The molecule has 3 heteroatoms. The Morgan fingerprint density at radius 2 is 1.68 bits per heavy atom. The maximum atomic E-state index is 11.3. The summed E-state index contributed by atoms with van der Waals surface area (Å²) in [5.74, 6) is 2.23. The van der Waals surface area contributed by atoms with Crippen molar-refractivity contribution >= 4 is 0 Å². The number of fused-ring (bicyclic) bond motifs is 5. The average Bonchev–Trinajstić information content (AvgIpc) is 3.28. The zero-order valence-electron chi connectivity index (χ0n) is 18.1. The Kier molecular flexibility index (Phi) is 4.58. The molecule has 0 heterocycles. The van der Waals surface area contributed by atoms with Crippen molar-refractivity contribution in [2.24, 2.45) is 34.5 Å². The standard InChI is InChI=1S/C25H40O3/c1-23-12-8-17(26)14-16(23)15-20(27)22-18-6-7-21(24(18,2)13-9-19(22)23)25(28-3)10-4-5-11-25/h15,17-22,26-27H,4-14H2,1-3H3/t17?,18-,19+,20?,21?,22-,23-,24-/m0/s1. The number of ether oxygens (including phenoxy) is 1. The molecule has 8 atom stereocenters. The lowest BCUT2D eigenvalue weighted by atomic mass is 9.46. The van der Waals surface area contributed by atoms with Crippen LogP contribution in [0.5, 0.6) is 0 Å². The molecule has 0 aromatic rings. The predicted molar refractivity (Wildman–Crippen MR) is 111 cm³/mol. The summed E-state index contributed by atoms with van der Waals surface area (Å²) in [5, 5.41) is 21.5. The Hall–Kier alpha value is -0.380. The molecule has 0 saturated heterocycles. The van der Waals surface area contributed by atoms with E-state index in [0.717, 1.165) is 19.3 Å². The fourth-order valence-corrected chi connectivity index (χ4v) is 9.16. The first-order valence-electron chi connectivity index (χ1n) is 12.0. The number of aliphatic hydroxyl groups is 2. The van der Waals surface area contributed by atoms with E-state index in [1.165, 1.54) is 56.9 Å². The summed E-state index contributed by atoms with van der Waals surface area (Å²) in [7, 11) is 1.95. The molecule has 3 unspecified atom stereocenters. The molecule has 0 aromatic heterocycles. The first-order valence-corrected chi connectivity index (χ1v) is 12.0. The molecule has 158 valence electrons. The Bertz CT molecular complexity index is 650. The third-order valence-corrected chi connectivity index (χ3v) is 10.6. The van der Waals surface area contributed by atoms with Gasteiger partial charge in [0.05, 0.1) is 17.8 Å². The third kappa shape index (κ3) is 2.51. The van der Waals surface area contributed by atoms with E-state index >= 15 is 0 Å². The van der Waals surface area contributed by atoms with Crippen molar-refractivity contribution in [3.05, 3.63) is 11.6 Å². The van der Waals surface area contributed by atoms with Crippen molar-refractivity contribution < 1.29 is 14.9 Å². The molecule has 5 aliphatic carbocycles. The highest BCUT2D eigenvalue weighted by Gasteiger charge is 2.64. The number of methoxy groups -OCH3 is 1. The fourth-order valence-electron chi connectivity index (χ4n) is 9.16. The highest BCUT2D eigenvalue weighted by atomic mass is 16.5. The number of rotatable bonds is 2. The van der Waals surface area contributed by atoms with E-state index in [2.05, 4.69) is 19.9 Å². The van der Waals surface area contributed by atoms with Crippen LogP contribution in [-0.4, -0.2) is 35.1 Å². The molecular weight excluding hydrogens is 348 g/mol. The molecule has 0 spiro atoms. The lowest BCUT2D eigenvalue weighted by Gasteiger charge is -2.60. The van der Waals surface area contributed by atoms with E-state index in [4.69, 9.17) is 4.74 Å². The Labute approximate surface area is 170 Å². The lowest BCUT2D eigenvalue weighted by Crippen LogP contribution is -2.56. The molecule has 28 heavy (non-hydrogen) atoms. The first-order chi connectivity index (χ1) is 13.3. The first kappa shape index (κ1) is 19.6. The van der Waals surface area contributed by atoms with Crippen LogP contribution in [0.1, 0.15) is 84.5 Å². The summed E-state index contributed by atoms with van der Waals surface area (Å²) in [6, 6.07) is 0. The topological polar surface area (TPSA) is 49.7 Å². The summed E-state index contributed by atoms with van der Waals surface area (Å²) in [6.45, 7) is 4.99. The molecule has 0 aliphatic heterocycles. The van der Waals surface area contributed by atoms with E-state index in [0.29, 0.717) is 29.1 Å². The van der Waals surface area contributed by atoms with Crippen molar-refractivity contribution in [1.82, 2.24) is 0 Å². The van der Waals surface area contributed by atoms with Gasteiger partial charge in [-0.2, -0.15) is 0 Å². The van der Waals surface area contributed by atoms with Crippen LogP contribution in [-0.2, 0) is 4.74 Å². The van der Waals surface area contributed by atoms with Gasteiger partial charge >= 0.3 is 0 Å². The molecule has 4 fully saturated rings. The van der Waals surface area contributed by atoms with Crippen LogP contribution in [0, 0.1) is 34.5 Å². The highest BCUT2D eigenvalue weighted by Crippen LogP contribution is 2.68. The van der Waals surface area contributed by atoms with E-state index in [9.17, 15) is 10.2 Å². The van der Waals surface area contributed by atoms with Gasteiger partial charge in [-0.3, -0.25) is 0 Å². The highest BCUT2D eigenvalue weighted by molar-refractivity contribution is 5.28. The second kappa shape index (κ2) is 6.56. The van der Waals surface area contributed by atoms with E-state index < -0.39 is 0 Å². The monoisotopic (exact) mass is 388 g/mol. The molecule has 0 aromatic carbocycles. The summed E-state index contributed by atoms with van der Waals surface area (Å²) in [6.07, 6.45) is 14.5. The van der Waals surface area contributed by atoms with Crippen molar-refractivity contribution in [2.75, 3.05) is 7.11 Å². The molecule has 0 bridgehead atoms. The van der Waals surface area contributed by atoms with Gasteiger partial charge in [-0.25, -0.2) is 0 Å². The quantitative estimate of drug-likeness (QED) is 0.665. The number of hydrogen-bond acceptors (Lipinski definition) is 3. The Morgan fingerprint density at radius 3 is 2.39 bits per heavy atom. The zero-order valence-corrected chi connectivity index (χ0v) is 18.1. The van der Waals surface area contributed by atoms with Gasteiger partial charge in [0, 0.05) is 7.11 Å². The number of hydrogen-bond donors (Lipinski definition) is 2. The van der Waals surface area contributed by atoms with Crippen LogP contribution in [0.2, 0.25) is 0 Å². The predicted octanol–water partition coefficient (Wildman–Crippen LogP) is 4.86. The van der Waals surface area contributed by atoms with Crippen molar-refractivity contribution in [1.29, 1.82) is 0 Å². The molecule has 0 amide bonds. The Morgan fingerprint density at radius 1 is 0.929 bits per heavy atom. The lowest BCUT2D eigenvalue weighted by molar-refractivity contribution is -0.137. The number of aliphatic hydroxyl groups excluding tert-OH is 2. The minimum atomic E-state index is -0.330. The molecular formula is C25H40O3. The van der Waals surface area contributed by atoms with Crippen LogP contribution in [0.3, 0.4) is 0 Å². The molecule has 2 N–H and O–H groups in total. The van der Waals surface area contributed by atoms with E-state index in [-0.39, 0.29) is 23.2 Å². The summed E-state index contributed by atoms with van der Waals surface area (Å²) < 4.78 is 6.28. The maximum absolute atomic E-state index is 11.3. The summed E-state index contributed by atoms with van der Waals surface area (Å²) >= 11 is 0. The minimum absolute atomic E-state index is 0.0931. The van der Waals surface area contributed by atoms with Gasteiger partial charge in [0.25, 0.3) is 0 Å². The SMILES string of the molecule is COC1(C2CC[C@H]3[C@@H]4C(O)C=C5CC(O)CC[C@]5(C)[C@@H]4CC[C@]23C)CCCC1. The van der Waals surface area contributed by atoms with Crippen LogP contribution in [0.25, 0.3) is 0 Å². The second-order valence-corrected chi connectivity index (χ2v) is 11.4. The minimum Gasteiger partial charge on any atom is -0.393 e. The van der Waals surface area contributed by atoms with Gasteiger partial charge < -0.3 is 14.9 Å². The summed E-state index contributed by atoms with van der Waals surface area (Å²) in [4.78, 5) is 0. The normalized spacial score (nSPS) is 52.5. The second-order valence-electron chi connectivity index (χ2n) is 11.4. The molecule has 5 rings (SSSR count). The van der Waals surface area contributed by atoms with Gasteiger partial charge in [-0.1, -0.05) is 38.3 Å². The van der Waals surface area contributed by atoms with Crippen molar-refractivity contribution in [3.63, 3.8) is 0 Å².